The number of fused-ring (bicyclic) bond motifs is 1. The molecule has 0 bridgehead atoms. The second kappa shape index (κ2) is 8.71. The first-order valence-electron chi connectivity index (χ1n) is 10.4. The van der Waals surface area contributed by atoms with Gasteiger partial charge in [-0.2, -0.15) is 0 Å². The number of nitrogens with zero attached hydrogens (tertiary/aromatic N) is 2. The van der Waals surface area contributed by atoms with Gasteiger partial charge in [-0.25, -0.2) is 0 Å². The van der Waals surface area contributed by atoms with E-state index in [1.807, 2.05) is 30.3 Å². The van der Waals surface area contributed by atoms with Crippen molar-refractivity contribution in [1.82, 2.24) is 9.80 Å². The van der Waals surface area contributed by atoms with Crippen molar-refractivity contribution < 1.29 is 23.9 Å². The van der Waals surface area contributed by atoms with Crippen LogP contribution in [0.15, 0.2) is 48.5 Å². The fourth-order valence-corrected chi connectivity index (χ4v) is 4.18. The predicted molar refractivity (Wildman–Crippen MR) is 113 cm³/mol. The molecule has 0 aromatic heterocycles. The highest BCUT2D eigenvalue weighted by molar-refractivity contribution is 6.22. The van der Waals surface area contributed by atoms with Gasteiger partial charge >= 0.3 is 5.97 Å². The Morgan fingerprint density at radius 3 is 2.32 bits per heavy atom. The van der Waals surface area contributed by atoms with Gasteiger partial charge in [0.05, 0.1) is 24.2 Å². The van der Waals surface area contributed by atoms with Gasteiger partial charge in [-0.15, -0.1) is 0 Å². The lowest BCUT2D eigenvalue weighted by Gasteiger charge is -2.30. The monoisotopic (exact) mass is 420 g/mol. The molecule has 2 heterocycles. The van der Waals surface area contributed by atoms with Gasteiger partial charge in [0.15, 0.2) is 0 Å². The van der Waals surface area contributed by atoms with Crippen molar-refractivity contribution in [2.45, 2.75) is 19.3 Å². The summed E-state index contributed by atoms with van der Waals surface area (Å²) in [5.41, 5.74) is 2.03. The van der Waals surface area contributed by atoms with Gasteiger partial charge < -0.3 is 9.64 Å². The molecule has 2 aromatic carbocycles. The number of benzene rings is 2. The molecule has 0 radical (unpaired) electrons. The summed E-state index contributed by atoms with van der Waals surface area (Å²) in [4.78, 5) is 53.1. The van der Waals surface area contributed by atoms with E-state index >= 15 is 0 Å². The molecule has 1 fully saturated rings. The maximum Gasteiger partial charge on any atom is 0.308 e. The zero-order chi connectivity index (χ0) is 22.0. The summed E-state index contributed by atoms with van der Waals surface area (Å²) in [5, 5.41) is 0. The summed E-state index contributed by atoms with van der Waals surface area (Å²) in [7, 11) is 1.37. The Morgan fingerprint density at radius 1 is 0.968 bits per heavy atom. The van der Waals surface area contributed by atoms with Gasteiger partial charge in [-0.3, -0.25) is 24.1 Å². The number of hydrogen-bond donors (Lipinski definition) is 0. The molecule has 2 aliphatic heterocycles. The van der Waals surface area contributed by atoms with Crippen LogP contribution >= 0.6 is 0 Å². The van der Waals surface area contributed by atoms with Gasteiger partial charge in [-0.1, -0.05) is 30.3 Å². The van der Waals surface area contributed by atoms with E-state index in [1.54, 1.807) is 17.0 Å². The summed E-state index contributed by atoms with van der Waals surface area (Å²) >= 11 is 0. The number of ether oxygens (including phenoxy) is 1. The summed E-state index contributed by atoms with van der Waals surface area (Å²) in [6.45, 7) is 1.19. The van der Waals surface area contributed by atoms with Gasteiger partial charge in [0.25, 0.3) is 17.7 Å². The predicted octanol–water partition coefficient (Wildman–Crippen LogP) is 2.55. The average molecular weight is 420 g/mol. The number of imide groups is 1. The second-order valence-electron chi connectivity index (χ2n) is 7.85. The highest BCUT2D eigenvalue weighted by atomic mass is 16.5. The van der Waals surface area contributed by atoms with Gasteiger partial charge in [-0.05, 0) is 43.0 Å². The highest BCUT2D eigenvalue weighted by Gasteiger charge is 2.36. The van der Waals surface area contributed by atoms with Crippen LogP contribution in [-0.4, -0.2) is 60.2 Å². The van der Waals surface area contributed by atoms with Crippen LogP contribution in [-0.2, 0) is 16.0 Å². The van der Waals surface area contributed by atoms with E-state index < -0.39 is 0 Å². The molecule has 0 spiro atoms. The van der Waals surface area contributed by atoms with Crippen molar-refractivity contribution in [3.05, 3.63) is 70.8 Å². The van der Waals surface area contributed by atoms with Crippen molar-refractivity contribution in [2.75, 3.05) is 26.7 Å². The maximum absolute atomic E-state index is 12.9. The molecular formula is C24H24N2O5. The van der Waals surface area contributed by atoms with Gasteiger partial charge in [0, 0.05) is 25.2 Å². The number of likely N-dealkylation sites (tertiary alicyclic amines) is 1. The lowest BCUT2D eigenvalue weighted by Crippen LogP contribution is -2.40. The van der Waals surface area contributed by atoms with E-state index in [1.165, 1.54) is 18.1 Å². The number of rotatable bonds is 5. The van der Waals surface area contributed by atoms with Gasteiger partial charge in [0.1, 0.15) is 0 Å². The first kappa shape index (κ1) is 20.8. The van der Waals surface area contributed by atoms with Gasteiger partial charge in [0.2, 0.25) is 0 Å². The fourth-order valence-electron chi connectivity index (χ4n) is 4.18. The molecule has 0 N–H and O–H groups in total. The minimum atomic E-state index is -0.366. The normalized spacial score (nSPS) is 16.4. The fraction of sp³-hybridized carbons (Fsp3) is 0.333. The Labute approximate surface area is 180 Å². The van der Waals surface area contributed by atoms with Crippen LogP contribution < -0.4 is 0 Å². The Bertz CT molecular complexity index is 1030. The molecule has 1 saturated heterocycles. The smallest absolute Gasteiger partial charge is 0.308 e. The zero-order valence-corrected chi connectivity index (χ0v) is 17.4. The van der Waals surface area contributed by atoms with Crippen LogP contribution in [0, 0.1) is 5.92 Å². The molecule has 2 aliphatic rings. The van der Waals surface area contributed by atoms with Crippen molar-refractivity contribution >= 4 is 23.7 Å². The number of carbonyl (C=O) groups is 4. The lowest BCUT2D eigenvalue weighted by atomic mass is 9.96. The van der Waals surface area contributed by atoms with Crippen LogP contribution in [0.1, 0.15) is 49.5 Å². The molecule has 2 aromatic rings. The number of carbonyl (C=O) groups excluding carboxylic acids is 4. The van der Waals surface area contributed by atoms with E-state index in [-0.39, 0.29) is 35.2 Å². The molecule has 0 unspecified atom stereocenters. The van der Waals surface area contributed by atoms with Crippen molar-refractivity contribution in [3.8, 4) is 0 Å². The Hall–Kier alpha value is -3.48. The molecule has 31 heavy (non-hydrogen) atoms. The number of esters is 1. The number of methoxy groups -OCH3 is 1. The number of hydrogen-bond acceptors (Lipinski definition) is 5. The summed E-state index contributed by atoms with van der Waals surface area (Å²) in [6.07, 6.45) is 1.68. The third-order valence-corrected chi connectivity index (χ3v) is 6.00. The standard InChI is InChI=1S/C24H24N2O5/c1-31-24(30)17-10-12-25(13-11-17)21(27)18-7-8-19-20(15-18)23(29)26(22(19)28)14-9-16-5-3-2-4-6-16/h2-8,15,17H,9-14H2,1H3. The Balaban J connectivity index is 1.44. The van der Waals surface area contributed by atoms with Crippen molar-refractivity contribution in [2.24, 2.45) is 5.92 Å². The van der Waals surface area contributed by atoms with Crippen LogP contribution in [0.4, 0.5) is 0 Å². The minimum Gasteiger partial charge on any atom is -0.469 e. The number of amides is 3. The molecule has 0 atom stereocenters. The van der Waals surface area contributed by atoms with Crippen LogP contribution in [0.2, 0.25) is 0 Å². The molecule has 0 saturated carbocycles. The zero-order valence-electron chi connectivity index (χ0n) is 17.4. The molecule has 7 nitrogen and oxygen atoms in total. The maximum atomic E-state index is 12.9. The van der Waals surface area contributed by atoms with E-state index in [9.17, 15) is 19.2 Å². The minimum absolute atomic E-state index is 0.188. The SMILES string of the molecule is COC(=O)C1CCN(C(=O)c2ccc3c(c2)C(=O)N(CCc2ccccc2)C3=O)CC1. The van der Waals surface area contributed by atoms with E-state index in [0.717, 1.165) is 5.56 Å². The quantitative estimate of drug-likeness (QED) is 0.548. The Morgan fingerprint density at radius 2 is 1.65 bits per heavy atom. The van der Waals surface area contributed by atoms with E-state index in [2.05, 4.69) is 0 Å². The molecular weight excluding hydrogens is 396 g/mol. The average Bonchev–Trinajstić information content (AvgIpc) is 3.06. The molecule has 7 heteroatoms. The summed E-state index contributed by atoms with van der Waals surface area (Å²) in [6, 6.07) is 14.4. The molecule has 0 aliphatic carbocycles. The third kappa shape index (κ3) is 4.08. The third-order valence-electron chi connectivity index (χ3n) is 6.00. The molecule has 160 valence electrons. The van der Waals surface area contributed by atoms with Crippen LogP contribution in [0.3, 0.4) is 0 Å². The highest BCUT2D eigenvalue weighted by Crippen LogP contribution is 2.26. The van der Waals surface area contributed by atoms with Crippen molar-refractivity contribution in [3.63, 3.8) is 0 Å². The van der Waals surface area contributed by atoms with Crippen molar-refractivity contribution in [1.29, 1.82) is 0 Å². The Kier molecular flexibility index (Phi) is 5.84. The topological polar surface area (TPSA) is 84.0 Å². The lowest BCUT2D eigenvalue weighted by molar-refractivity contribution is -0.146. The first-order chi connectivity index (χ1) is 15.0. The van der Waals surface area contributed by atoms with Crippen LogP contribution in [0.25, 0.3) is 0 Å². The summed E-state index contributed by atoms with van der Waals surface area (Å²) < 4.78 is 4.78. The largest absolute Gasteiger partial charge is 0.469 e. The van der Waals surface area contributed by atoms with E-state index in [4.69, 9.17) is 4.74 Å². The van der Waals surface area contributed by atoms with Crippen LogP contribution in [0.5, 0.6) is 0 Å². The molecule has 4 rings (SSSR count). The van der Waals surface area contributed by atoms with E-state index in [0.29, 0.717) is 50.0 Å². The molecule has 3 amide bonds. The second-order valence-corrected chi connectivity index (χ2v) is 7.85. The number of piperidine rings is 1. The first-order valence-corrected chi connectivity index (χ1v) is 10.4. The summed E-state index contributed by atoms with van der Waals surface area (Å²) in [5.74, 6) is -1.33.